The number of nitrogens with zero attached hydrogens (tertiary/aromatic N) is 1. The van der Waals surface area contributed by atoms with Crippen molar-refractivity contribution in [3.05, 3.63) is 307 Å². The second kappa shape index (κ2) is 16.8. The second-order valence-electron chi connectivity index (χ2n) is 19.9. The molecule has 74 heavy (non-hydrogen) atoms. The predicted octanol–water partition coefficient (Wildman–Crippen LogP) is 19.6. The first-order valence-electron chi connectivity index (χ1n) is 25.7. The van der Waals surface area contributed by atoms with Crippen LogP contribution in [0.25, 0.3) is 99.1 Å². The maximum atomic E-state index is 2.59. The van der Waals surface area contributed by atoms with Gasteiger partial charge in [0.2, 0.25) is 0 Å². The van der Waals surface area contributed by atoms with Crippen molar-refractivity contribution in [2.24, 2.45) is 0 Å². The Balaban J connectivity index is 1.10. The van der Waals surface area contributed by atoms with Gasteiger partial charge < -0.3 is 4.90 Å². The molecule has 1 nitrogen and oxygen atoms in total. The van der Waals surface area contributed by atoms with Gasteiger partial charge in [-0.25, -0.2) is 0 Å². The highest BCUT2D eigenvalue weighted by molar-refractivity contribution is 6.26. The maximum Gasteiger partial charge on any atom is 0.0726 e. The lowest BCUT2D eigenvalue weighted by Crippen LogP contribution is -2.26. The van der Waals surface area contributed by atoms with E-state index in [0.29, 0.717) is 0 Å². The van der Waals surface area contributed by atoms with Crippen LogP contribution in [0.2, 0.25) is 0 Å². The minimum Gasteiger partial charge on any atom is -0.309 e. The predicted molar refractivity (Wildman–Crippen MR) is 312 cm³/mol. The van der Waals surface area contributed by atoms with Crippen LogP contribution in [0.3, 0.4) is 0 Å². The van der Waals surface area contributed by atoms with Crippen LogP contribution >= 0.6 is 0 Å². The summed E-state index contributed by atoms with van der Waals surface area (Å²) in [6.45, 7) is 0. The van der Waals surface area contributed by atoms with E-state index in [-0.39, 0.29) is 0 Å². The highest BCUT2D eigenvalue weighted by Gasteiger charge is 2.52. The minimum absolute atomic E-state index is 0.554. The largest absolute Gasteiger partial charge is 0.309 e. The fraction of sp³-hybridized carbons (Fsp3) is 0.0137. The summed E-state index contributed by atoms with van der Waals surface area (Å²) in [6, 6.07) is 106. The average molecular weight is 938 g/mol. The Kier molecular flexibility index (Phi) is 9.55. The van der Waals surface area contributed by atoms with Crippen molar-refractivity contribution < 1.29 is 0 Å². The van der Waals surface area contributed by atoms with Crippen LogP contribution in [-0.4, -0.2) is 0 Å². The normalized spacial score (nSPS) is 12.7. The Labute approximate surface area is 431 Å². The van der Waals surface area contributed by atoms with Crippen molar-refractivity contribution in [2.45, 2.75) is 5.41 Å². The first kappa shape index (κ1) is 42.2. The first-order valence-corrected chi connectivity index (χ1v) is 25.7. The Hall–Kier alpha value is -9.56. The highest BCUT2D eigenvalue weighted by Crippen LogP contribution is 2.64. The van der Waals surface area contributed by atoms with Gasteiger partial charge in [-0.15, -0.1) is 0 Å². The van der Waals surface area contributed by atoms with Gasteiger partial charge in [0, 0.05) is 16.8 Å². The van der Waals surface area contributed by atoms with Gasteiger partial charge in [-0.3, -0.25) is 0 Å². The molecule has 0 saturated carbocycles. The molecule has 13 aromatic rings. The van der Waals surface area contributed by atoms with Crippen LogP contribution in [0.4, 0.5) is 17.1 Å². The zero-order valence-corrected chi connectivity index (χ0v) is 40.6. The summed E-state index contributed by atoms with van der Waals surface area (Å²) in [6.07, 6.45) is 0. The summed E-state index contributed by atoms with van der Waals surface area (Å²) in [5.74, 6) is 0. The molecule has 0 aliphatic heterocycles. The third kappa shape index (κ3) is 6.30. The third-order valence-electron chi connectivity index (χ3n) is 16.1. The van der Waals surface area contributed by atoms with E-state index >= 15 is 0 Å². The molecular formula is C73H47N. The van der Waals surface area contributed by atoms with Crippen molar-refractivity contribution in [1.29, 1.82) is 0 Å². The summed E-state index contributed by atoms with van der Waals surface area (Å²) in [5, 5.41) is 7.48. The molecule has 0 unspecified atom stereocenters. The molecule has 0 amide bonds. The molecule has 13 aromatic carbocycles. The van der Waals surface area contributed by atoms with E-state index in [2.05, 4.69) is 290 Å². The van der Waals surface area contributed by atoms with Crippen LogP contribution in [0.1, 0.15) is 22.3 Å². The molecule has 0 bridgehead atoms. The van der Waals surface area contributed by atoms with Crippen LogP contribution in [0.15, 0.2) is 285 Å². The van der Waals surface area contributed by atoms with Crippen molar-refractivity contribution in [2.75, 3.05) is 4.90 Å². The second-order valence-corrected chi connectivity index (χ2v) is 19.9. The summed E-state index contributed by atoms with van der Waals surface area (Å²) in [5.41, 5.74) is 22.4. The molecule has 0 fully saturated rings. The minimum atomic E-state index is -0.554. The van der Waals surface area contributed by atoms with E-state index in [1.165, 1.54) is 99.1 Å². The number of benzene rings is 13. The van der Waals surface area contributed by atoms with Gasteiger partial charge in [-0.1, -0.05) is 243 Å². The zero-order valence-electron chi connectivity index (χ0n) is 40.6. The summed E-state index contributed by atoms with van der Waals surface area (Å²) in [7, 11) is 0. The van der Waals surface area contributed by atoms with Gasteiger partial charge in [0.1, 0.15) is 0 Å². The molecule has 2 aliphatic rings. The molecule has 0 aromatic heterocycles. The Bertz CT molecular complexity index is 4280. The van der Waals surface area contributed by atoms with Crippen LogP contribution in [-0.2, 0) is 5.41 Å². The van der Waals surface area contributed by atoms with Crippen molar-refractivity contribution in [3.8, 4) is 66.8 Å². The molecule has 0 radical (unpaired) electrons. The van der Waals surface area contributed by atoms with E-state index in [0.717, 1.165) is 39.3 Å². The standard InChI is InChI=1S/C73H47N/c1-4-21-48(22-5-1)51-27-20-28-53(43-51)64-46-66-62-35-16-19-38-69(62)73(67-36-17-14-33-60(67)61-34-15-18-37-68(61)73)70(66)47-72(64)74(71-42-39-52(49-23-6-2-7-24-49)44-63(71)50-25-8-3-9-26-50)54-40-41-59-57-31-11-10-29-55(57)56-30-12-13-32-58(56)65(59)45-54/h1-47H. The molecule has 344 valence electrons. The smallest absolute Gasteiger partial charge is 0.0726 e. The van der Waals surface area contributed by atoms with Crippen molar-refractivity contribution >= 4 is 49.4 Å². The Morgan fingerprint density at radius 2 is 0.635 bits per heavy atom. The van der Waals surface area contributed by atoms with Crippen LogP contribution in [0, 0.1) is 0 Å². The van der Waals surface area contributed by atoms with Crippen molar-refractivity contribution in [3.63, 3.8) is 0 Å². The molecule has 2 aliphatic carbocycles. The van der Waals surface area contributed by atoms with E-state index in [4.69, 9.17) is 0 Å². The van der Waals surface area contributed by atoms with Crippen molar-refractivity contribution in [1.82, 2.24) is 0 Å². The van der Waals surface area contributed by atoms with Gasteiger partial charge in [0.25, 0.3) is 0 Å². The first-order chi connectivity index (χ1) is 36.7. The van der Waals surface area contributed by atoms with E-state index < -0.39 is 5.41 Å². The number of hydrogen-bond donors (Lipinski definition) is 0. The summed E-state index contributed by atoms with van der Waals surface area (Å²) < 4.78 is 0. The summed E-state index contributed by atoms with van der Waals surface area (Å²) >= 11 is 0. The van der Waals surface area contributed by atoms with Crippen LogP contribution < -0.4 is 4.90 Å². The Morgan fingerprint density at radius 1 is 0.203 bits per heavy atom. The lowest BCUT2D eigenvalue weighted by Gasteiger charge is -2.34. The van der Waals surface area contributed by atoms with E-state index in [1.54, 1.807) is 0 Å². The maximum absolute atomic E-state index is 2.59. The fourth-order valence-corrected chi connectivity index (χ4v) is 12.9. The monoisotopic (exact) mass is 937 g/mol. The highest BCUT2D eigenvalue weighted by atomic mass is 15.1. The van der Waals surface area contributed by atoms with Gasteiger partial charge in [0.05, 0.1) is 16.8 Å². The molecule has 0 saturated heterocycles. The number of hydrogen-bond acceptors (Lipinski definition) is 1. The van der Waals surface area contributed by atoms with E-state index in [1.807, 2.05) is 0 Å². The number of rotatable bonds is 7. The molecule has 1 heteroatoms. The Morgan fingerprint density at radius 3 is 1.22 bits per heavy atom. The lowest BCUT2D eigenvalue weighted by atomic mass is 9.70. The van der Waals surface area contributed by atoms with Gasteiger partial charge in [-0.2, -0.15) is 0 Å². The number of fused-ring (bicyclic) bond motifs is 16. The third-order valence-corrected chi connectivity index (χ3v) is 16.1. The molecular weight excluding hydrogens is 891 g/mol. The molecule has 0 N–H and O–H groups in total. The quantitative estimate of drug-likeness (QED) is 0.144. The summed E-state index contributed by atoms with van der Waals surface area (Å²) in [4.78, 5) is 2.59. The van der Waals surface area contributed by atoms with Gasteiger partial charge in [0.15, 0.2) is 0 Å². The fourth-order valence-electron chi connectivity index (χ4n) is 12.9. The molecule has 0 atom stereocenters. The number of anilines is 3. The average Bonchev–Trinajstić information content (AvgIpc) is 3.96. The zero-order chi connectivity index (χ0) is 48.7. The molecule has 15 rings (SSSR count). The van der Waals surface area contributed by atoms with Crippen LogP contribution in [0.5, 0.6) is 0 Å². The SMILES string of the molecule is c1ccc(-c2cccc(-c3cc4c(cc3N(c3ccc5c6ccccc6c6ccccc6c5c3)c3ccc(-c5ccccc5)cc3-c3ccccc3)C3(c5ccccc5-c5ccccc53)c3ccccc3-4)c2)cc1. The van der Waals surface area contributed by atoms with Gasteiger partial charge in [-0.05, 0) is 153 Å². The molecule has 1 spiro atoms. The topological polar surface area (TPSA) is 3.24 Å². The van der Waals surface area contributed by atoms with E-state index in [9.17, 15) is 0 Å². The van der Waals surface area contributed by atoms with Gasteiger partial charge >= 0.3 is 0 Å². The molecule has 0 heterocycles. The lowest BCUT2D eigenvalue weighted by molar-refractivity contribution is 0.794.